The minimum atomic E-state index is -1.37. The molecule has 9 nitrogen and oxygen atoms in total. The highest BCUT2D eigenvalue weighted by Crippen LogP contribution is 2.31. The molecule has 0 saturated carbocycles. The zero-order valence-electron chi connectivity index (χ0n) is 17.6. The van der Waals surface area contributed by atoms with Gasteiger partial charge in [-0.15, -0.1) is 0 Å². The monoisotopic (exact) mass is 505 g/mol. The van der Waals surface area contributed by atoms with E-state index in [-0.39, 0.29) is 34.6 Å². The number of esters is 1. The van der Waals surface area contributed by atoms with Gasteiger partial charge >= 0.3 is 5.97 Å². The molecule has 0 unspecified atom stereocenters. The molecule has 32 heavy (non-hydrogen) atoms. The number of alkyl halides is 1. The summed E-state index contributed by atoms with van der Waals surface area (Å²) in [5.74, 6) is -1.12. The first kappa shape index (κ1) is 24.3. The number of H-pyrrole nitrogens is 1. The summed E-state index contributed by atoms with van der Waals surface area (Å²) in [5.41, 5.74) is 0.749. The number of halogens is 3. The molecule has 0 radical (unpaired) electrons. The van der Waals surface area contributed by atoms with Crippen LogP contribution in [0.5, 0.6) is 0 Å². The normalized spacial score (nSPS) is 18.8. The molecule has 3 heterocycles. The Kier molecular flexibility index (Phi) is 7.96. The number of aryl methyl sites for hydroxylation is 1. The van der Waals surface area contributed by atoms with E-state index in [9.17, 15) is 14.0 Å². The van der Waals surface area contributed by atoms with Crippen molar-refractivity contribution in [3.8, 4) is 0 Å². The van der Waals surface area contributed by atoms with Gasteiger partial charge in [0.15, 0.2) is 10.8 Å². The average Bonchev–Trinajstić information content (AvgIpc) is 3.30. The third kappa shape index (κ3) is 5.16. The summed E-state index contributed by atoms with van der Waals surface area (Å²) in [7, 11) is 1.38. The number of amides is 1. The molecule has 3 rings (SSSR count). The van der Waals surface area contributed by atoms with Gasteiger partial charge < -0.3 is 24.8 Å². The van der Waals surface area contributed by atoms with Crippen molar-refractivity contribution in [3.63, 3.8) is 0 Å². The number of hydrogen-bond donors (Lipinski definition) is 2. The zero-order chi connectivity index (χ0) is 23.4. The number of carbonyl (C=O) groups excluding carboxylic acids is 2. The van der Waals surface area contributed by atoms with Crippen LogP contribution >= 0.6 is 34.5 Å². The van der Waals surface area contributed by atoms with Crippen LogP contribution in [0.3, 0.4) is 0 Å². The number of aromatic nitrogens is 2. The number of oxime groups is 1. The summed E-state index contributed by atoms with van der Waals surface area (Å²) in [5, 5.41) is 7.17. The number of anilines is 1. The van der Waals surface area contributed by atoms with E-state index in [0.29, 0.717) is 28.7 Å². The Balaban J connectivity index is 1.70. The molecule has 2 N–H and O–H groups in total. The van der Waals surface area contributed by atoms with Crippen LogP contribution < -0.4 is 10.2 Å². The smallest absolute Gasteiger partial charge is 0.358 e. The van der Waals surface area contributed by atoms with Gasteiger partial charge in [0.2, 0.25) is 0 Å². The van der Waals surface area contributed by atoms with Crippen molar-refractivity contribution in [2.45, 2.75) is 32.5 Å². The third-order valence-corrected chi connectivity index (χ3v) is 6.79. The lowest BCUT2D eigenvalue weighted by Crippen LogP contribution is -2.52. The van der Waals surface area contributed by atoms with E-state index in [1.165, 1.54) is 24.7 Å². The number of nitrogens with zero attached hydrogens (tertiary/aromatic N) is 3. The Labute approximate surface area is 197 Å². The molecule has 1 fully saturated rings. The van der Waals surface area contributed by atoms with Gasteiger partial charge in [-0.3, -0.25) is 4.79 Å². The van der Waals surface area contributed by atoms with Crippen molar-refractivity contribution in [2.75, 3.05) is 31.7 Å². The van der Waals surface area contributed by atoms with Gasteiger partial charge in [-0.05, 0) is 20.3 Å². The van der Waals surface area contributed by atoms with Crippen LogP contribution in [0.25, 0.3) is 0 Å². The number of ether oxygens (including phenoxy) is 1. The Morgan fingerprint density at radius 3 is 2.78 bits per heavy atom. The molecule has 13 heteroatoms. The number of rotatable bonds is 7. The van der Waals surface area contributed by atoms with E-state index in [4.69, 9.17) is 27.9 Å². The Morgan fingerprint density at radius 1 is 1.44 bits per heavy atom. The fraction of sp³-hybridized carbons (Fsp3) is 0.474. The number of aromatic amines is 1. The molecular formula is C19H22Cl2FN5O4S. The summed E-state index contributed by atoms with van der Waals surface area (Å²) in [6.45, 7) is 3.97. The minimum absolute atomic E-state index is 0.0141. The molecular weight excluding hydrogens is 484 g/mol. The Hall–Kier alpha value is -2.37. The quantitative estimate of drug-likeness (QED) is 0.338. The number of thiazole rings is 1. The van der Waals surface area contributed by atoms with Gasteiger partial charge in [-0.2, -0.15) is 0 Å². The summed E-state index contributed by atoms with van der Waals surface area (Å²) in [4.78, 5) is 38.7. The second kappa shape index (κ2) is 10.5. The van der Waals surface area contributed by atoms with Gasteiger partial charge in [0.1, 0.15) is 19.0 Å². The first-order valence-corrected chi connectivity index (χ1v) is 11.3. The fourth-order valence-corrected chi connectivity index (χ4v) is 4.57. The van der Waals surface area contributed by atoms with E-state index < -0.39 is 24.1 Å². The number of nitrogens with one attached hydrogen (secondary N) is 2. The molecule has 2 atom stereocenters. The third-order valence-electron chi connectivity index (χ3n) is 4.80. The van der Waals surface area contributed by atoms with Crippen molar-refractivity contribution >= 4 is 57.8 Å². The van der Waals surface area contributed by atoms with E-state index in [1.807, 2.05) is 0 Å². The molecule has 2 aromatic rings. The molecule has 0 spiro atoms. The summed E-state index contributed by atoms with van der Waals surface area (Å²) < 4.78 is 20.0. The van der Waals surface area contributed by atoms with Crippen molar-refractivity contribution in [1.29, 1.82) is 0 Å². The lowest BCUT2D eigenvalue weighted by molar-refractivity contribution is 0.0520. The van der Waals surface area contributed by atoms with Crippen LogP contribution in [0.15, 0.2) is 5.16 Å². The standard InChI is InChI=1S/C19H22Cl2FN5O4S/c1-4-31-18(29)15-12(7-23-30-3)32-19(26-15)27-6-5-11(10(22)8-27)25-17(28)16-14(21)13(20)9(2)24-16/h7,10-11,24H,4-6,8H2,1-3H3,(H,25,28)/t10-,11+/m0/s1. The first-order valence-electron chi connectivity index (χ1n) is 9.74. The largest absolute Gasteiger partial charge is 0.461 e. The topological polar surface area (TPSA) is 109 Å². The SMILES string of the molecule is CCOC(=O)c1nc(N2CC[C@@H](NC(=O)c3[nH]c(C)c(Cl)c3Cl)[C@@H](F)C2)sc1C=NOC. The van der Waals surface area contributed by atoms with Gasteiger partial charge in [0, 0.05) is 12.2 Å². The summed E-state index contributed by atoms with van der Waals surface area (Å²) in [6, 6.07) is -0.712. The van der Waals surface area contributed by atoms with Crippen LogP contribution in [0.1, 0.15) is 44.9 Å². The molecule has 0 bridgehead atoms. The molecule has 174 valence electrons. The Morgan fingerprint density at radius 2 is 2.19 bits per heavy atom. The van der Waals surface area contributed by atoms with Crippen molar-refractivity contribution in [1.82, 2.24) is 15.3 Å². The zero-order valence-corrected chi connectivity index (χ0v) is 19.9. The molecule has 2 aromatic heterocycles. The van der Waals surface area contributed by atoms with E-state index >= 15 is 0 Å². The van der Waals surface area contributed by atoms with Crippen molar-refractivity contribution in [3.05, 3.63) is 32.0 Å². The van der Waals surface area contributed by atoms with Gasteiger partial charge in [-0.1, -0.05) is 39.7 Å². The molecule has 1 aliphatic heterocycles. The second-order valence-corrected chi connectivity index (χ2v) is 8.70. The predicted molar refractivity (Wildman–Crippen MR) is 121 cm³/mol. The highest BCUT2D eigenvalue weighted by atomic mass is 35.5. The van der Waals surface area contributed by atoms with Gasteiger partial charge in [0.05, 0.1) is 40.3 Å². The van der Waals surface area contributed by atoms with Crippen LogP contribution in [0, 0.1) is 6.92 Å². The molecule has 1 amide bonds. The van der Waals surface area contributed by atoms with E-state index in [0.717, 1.165) is 0 Å². The predicted octanol–water partition coefficient (Wildman–Crippen LogP) is 3.59. The van der Waals surface area contributed by atoms with Gasteiger partial charge in [0.25, 0.3) is 5.91 Å². The average molecular weight is 506 g/mol. The molecule has 1 aliphatic rings. The van der Waals surface area contributed by atoms with E-state index in [2.05, 4.69) is 25.3 Å². The maximum atomic E-state index is 14.9. The maximum absolute atomic E-state index is 14.9. The van der Waals surface area contributed by atoms with Crippen LogP contribution in [-0.2, 0) is 9.57 Å². The molecule has 0 aromatic carbocycles. The van der Waals surface area contributed by atoms with Crippen LogP contribution in [-0.4, -0.2) is 67.1 Å². The number of hydrogen-bond acceptors (Lipinski definition) is 8. The maximum Gasteiger partial charge on any atom is 0.358 e. The fourth-order valence-electron chi connectivity index (χ4n) is 3.20. The Bertz CT molecular complexity index is 1030. The summed E-state index contributed by atoms with van der Waals surface area (Å²) >= 11 is 13.3. The first-order chi connectivity index (χ1) is 15.3. The highest BCUT2D eigenvalue weighted by Gasteiger charge is 2.33. The summed E-state index contributed by atoms with van der Waals surface area (Å²) in [6.07, 6.45) is 0.318. The minimum Gasteiger partial charge on any atom is -0.461 e. The van der Waals surface area contributed by atoms with Crippen molar-refractivity contribution < 1.29 is 23.6 Å². The number of piperidine rings is 1. The van der Waals surface area contributed by atoms with Crippen LogP contribution in [0.4, 0.5) is 9.52 Å². The van der Waals surface area contributed by atoms with E-state index in [1.54, 1.807) is 18.7 Å². The lowest BCUT2D eigenvalue weighted by Gasteiger charge is -2.34. The molecule has 0 aliphatic carbocycles. The molecule has 1 saturated heterocycles. The second-order valence-electron chi connectivity index (χ2n) is 6.93. The van der Waals surface area contributed by atoms with Crippen LogP contribution in [0.2, 0.25) is 10.0 Å². The van der Waals surface area contributed by atoms with Crippen molar-refractivity contribution in [2.24, 2.45) is 5.16 Å². The van der Waals surface area contributed by atoms with Gasteiger partial charge in [-0.25, -0.2) is 14.2 Å². The highest BCUT2D eigenvalue weighted by molar-refractivity contribution is 7.17. The lowest BCUT2D eigenvalue weighted by atomic mass is 10.0. The number of carbonyl (C=O) groups is 2.